The van der Waals surface area contributed by atoms with Gasteiger partial charge in [-0.15, -0.1) is 13.2 Å². The predicted molar refractivity (Wildman–Crippen MR) is 86.6 cm³/mol. The number of halogens is 3. The average Bonchev–Trinajstić information content (AvgIpc) is 3.30. The normalized spacial score (nSPS) is 24.7. The van der Waals surface area contributed by atoms with Gasteiger partial charge in [0.15, 0.2) is 5.76 Å². The van der Waals surface area contributed by atoms with Gasteiger partial charge in [-0.2, -0.15) is 0 Å². The van der Waals surface area contributed by atoms with Crippen LogP contribution in [0.4, 0.5) is 13.2 Å². The minimum Gasteiger partial charge on any atom is -0.451 e. The molecule has 0 aliphatic carbocycles. The molecule has 138 valence electrons. The smallest absolute Gasteiger partial charge is 0.451 e. The van der Waals surface area contributed by atoms with Gasteiger partial charge in [-0.3, -0.25) is 4.79 Å². The monoisotopic (exact) mass is 366 g/mol. The summed E-state index contributed by atoms with van der Waals surface area (Å²) in [5, 5.41) is 6.36. The summed E-state index contributed by atoms with van der Waals surface area (Å²) in [6.07, 6.45) is -1.77. The molecule has 3 heterocycles. The van der Waals surface area contributed by atoms with Crippen molar-refractivity contribution in [2.75, 3.05) is 0 Å². The molecule has 2 fully saturated rings. The fourth-order valence-electron chi connectivity index (χ4n) is 3.71. The zero-order valence-corrected chi connectivity index (χ0v) is 13.7. The van der Waals surface area contributed by atoms with Gasteiger partial charge in [0.2, 0.25) is 0 Å². The molecule has 2 aromatic rings. The second kappa shape index (κ2) is 6.35. The van der Waals surface area contributed by atoms with E-state index in [9.17, 15) is 18.0 Å². The van der Waals surface area contributed by atoms with E-state index in [2.05, 4.69) is 15.4 Å². The van der Waals surface area contributed by atoms with Gasteiger partial charge < -0.3 is 19.8 Å². The van der Waals surface area contributed by atoms with Crippen molar-refractivity contribution in [3.05, 3.63) is 42.2 Å². The zero-order valence-electron chi connectivity index (χ0n) is 13.7. The molecular formula is C18H17F3N2O3. The Balaban J connectivity index is 1.50. The van der Waals surface area contributed by atoms with E-state index >= 15 is 0 Å². The molecule has 5 nitrogen and oxygen atoms in total. The van der Waals surface area contributed by atoms with E-state index in [1.165, 1.54) is 30.3 Å². The molecule has 2 saturated heterocycles. The standard InChI is InChI=1S/C18H17F3N2O3/c19-18(20,21)26-15-4-2-1-3-11(15)14-7-8-16(25-14)17(24)23-13-9-10-5-6-12(13)22-10/h1-4,7-8,10,12-13,22H,5-6,9H2,(H,23,24). The molecule has 0 saturated carbocycles. The molecule has 2 aliphatic heterocycles. The Labute approximate surface area is 147 Å². The number of carbonyl (C=O) groups excluding carboxylic acids is 1. The van der Waals surface area contributed by atoms with Crippen LogP contribution in [0.2, 0.25) is 0 Å². The maximum atomic E-state index is 12.5. The Morgan fingerprint density at radius 2 is 2.00 bits per heavy atom. The number of hydrogen-bond acceptors (Lipinski definition) is 4. The molecule has 1 aromatic heterocycles. The van der Waals surface area contributed by atoms with Gasteiger partial charge in [0.1, 0.15) is 11.5 Å². The van der Waals surface area contributed by atoms with Crippen LogP contribution in [0, 0.1) is 0 Å². The summed E-state index contributed by atoms with van der Waals surface area (Å²) in [7, 11) is 0. The predicted octanol–water partition coefficient (Wildman–Crippen LogP) is 3.47. The van der Waals surface area contributed by atoms with E-state index in [-0.39, 0.29) is 40.8 Å². The Morgan fingerprint density at radius 1 is 1.19 bits per heavy atom. The number of fused-ring (bicyclic) bond motifs is 2. The first kappa shape index (κ1) is 17.0. The van der Waals surface area contributed by atoms with Crippen molar-refractivity contribution in [2.24, 2.45) is 0 Å². The maximum Gasteiger partial charge on any atom is 0.573 e. The van der Waals surface area contributed by atoms with Gasteiger partial charge in [0.25, 0.3) is 5.91 Å². The van der Waals surface area contributed by atoms with Crippen LogP contribution in [-0.2, 0) is 0 Å². The van der Waals surface area contributed by atoms with Crippen LogP contribution in [0.5, 0.6) is 5.75 Å². The fraction of sp³-hybridized carbons (Fsp3) is 0.389. The minimum atomic E-state index is -4.81. The quantitative estimate of drug-likeness (QED) is 0.870. The highest BCUT2D eigenvalue weighted by Gasteiger charge is 2.40. The molecule has 1 amide bonds. The molecule has 4 rings (SSSR count). The number of rotatable bonds is 4. The molecule has 2 aliphatic rings. The zero-order chi connectivity index (χ0) is 18.3. The van der Waals surface area contributed by atoms with Crippen molar-refractivity contribution < 1.29 is 27.1 Å². The molecule has 2 N–H and O–H groups in total. The summed E-state index contributed by atoms with van der Waals surface area (Å²) in [6, 6.07) is 9.35. The number of furan rings is 1. The lowest BCUT2D eigenvalue weighted by molar-refractivity contribution is -0.274. The first-order valence-corrected chi connectivity index (χ1v) is 8.41. The van der Waals surface area contributed by atoms with Gasteiger partial charge >= 0.3 is 6.36 Å². The minimum absolute atomic E-state index is 0.0515. The highest BCUT2D eigenvalue weighted by molar-refractivity contribution is 5.92. The average molecular weight is 366 g/mol. The summed E-state index contributed by atoms with van der Waals surface area (Å²) in [4.78, 5) is 12.4. The summed E-state index contributed by atoms with van der Waals surface area (Å²) in [6.45, 7) is 0. The van der Waals surface area contributed by atoms with E-state index in [1.54, 1.807) is 6.07 Å². The van der Waals surface area contributed by atoms with E-state index in [0.29, 0.717) is 6.04 Å². The highest BCUT2D eigenvalue weighted by Crippen LogP contribution is 2.35. The number of benzene rings is 1. The summed E-state index contributed by atoms with van der Waals surface area (Å²) in [5.41, 5.74) is 0.130. The largest absolute Gasteiger partial charge is 0.573 e. The van der Waals surface area contributed by atoms with Crippen LogP contribution < -0.4 is 15.4 Å². The van der Waals surface area contributed by atoms with Crippen LogP contribution in [0.15, 0.2) is 40.8 Å². The van der Waals surface area contributed by atoms with Gasteiger partial charge in [0.05, 0.1) is 5.56 Å². The molecule has 0 radical (unpaired) electrons. The van der Waals surface area contributed by atoms with Crippen molar-refractivity contribution in [2.45, 2.75) is 43.8 Å². The SMILES string of the molecule is O=C(NC1CC2CCC1N2)c1ccc(-c2ccccc2OC(F)(F)F)o1. The summed E-state index contributed by atoms with van der Waals surface area (Å²) in [5.74, 6) is -0.547. The lowest BCUT2D eigenvalue weighted by atomic mass is 9.95. The third-order valence-corrected chi connectivity index (χ3v) is 4.82. The summed E-state index contributed by atoms with van der Waals surface area (Å²) < 4.78 is 47.2. The molecule has 8 heteroatoms. The number of para-hydroxylation sites is 1. The maximum absolute atomic E-state index is 12.5. The molecule has 0 spiro atoms. The van der Waals surface area contributed by atoms with E-state index in [4.69, 9.17) is 4.42 Å². The molecule has 1 aromatic carbocycles. The lowest BCUT2D eigenvalue weighted by Crippen LogP contribution is -2.42. The number of nitrogens with one attached hydrogen (secondary N) is 2. The first-order chi connectivity index (χ1) is 12.4. The molecule has 2 bridgehead atoms. The molecule has 3 unspecified atom stereocenters. The van der Waals surface area contributed by atoms with Crippen LogP contribution in [0.25, 0.3) is 11.3 Å². The number of ether oxygens (including phenoxy) is 1. The number of carbonyl (C=O) groups is 1. The second-order valence-corrected chi connectivity index (χ2v) is 6.57. The van der Waals surface area contributed by atoms with Crippen molar-refractivity contribution in [1.82, 2.24) is 10.6 Å². The highest BCUT2D eigenvalue weighted by atomic mass is 19.4. The van der Waals surface area contributed by atoms with Gasteiger partial charge in [-0.25, -0.2) is 0 Å². The van der Waals surface area contributed by atoms with E-state index < -0.39 is 6.36 Å². The topological polar surface area (TPSA) is 63.5 Å². The Bertz CT molecular complexity index is 818. The number of hydrogen-bond donors (Lipinski definition) is 2. The van der Waals surface area contributed by atoms with Crippen LogP contribution >= 0.6 is 0 Å². The second-order valence-electron chi connectivity index (χ2n) is 6.57. The Morgan fingerprint density at radius 3 is 2.69 bits per heavy atom. The summed E-state index contributed by atoms with van der Waals surface area (Å²) >= 11 is 0. The number of amides is 1. The molecule has 3 atom stereocenters. The first-order valence-electron chi connectivity index (χ1n) is 8.41. The lowest BCUT2D eigenvalue weighted by Gasteiger charge is -2.20. The van der Waals surface area contributed by atoms with Gasteiger partial charge in [-0.05, 0) is 43.5 Å². The number of alkyl halides is 3. The third-order valence-electron chi connectivity index (χ3n) is 4.82. The van der Waals surface area contributed by atoms with E-state index in [1.807, 2.05) is 0 Å². The van der Waals surface area contributed by atoms with Crippen molar-refractivity contribution in [1.29, 1.82) is 0 Å². The van der Waals surface area contributed by atoms with Crippen LogP contribution in [0.1, 0.15) is 29.8 Å². The van der Waals surface area contributed by atoms with Gasteiger partial charge in [0, 0.05) is 18.1 Å². The van der Waals surface area contributed by atoms with E-state index in [0.717, 1.165) is 19.3 Å². The van der Waals surface area contributed by atoms with Crippen molar-refractivity contribution in [3.63, 3.8) is 0 Å². The van der Waals surface area contributed by atoms with Crippen LogP contribution in [-0.4, -0.2) is 30.4 Å². The Kier molecular flexibility index (Phi) is 4.14. The van der Waals surface area contributed by atoms with Crippen molar-refractivity contribution in [3.8, 4) is 17.1 Å². The molecular weight excluding hydrogens is 349 g/mol. The van der Waals surface area contributed by atoms with Crippen molar-refractivity contribution >= 4 is 5.91 Å². The molecule has 26 heavy (non-hydrogen) atoms. The van der Waals surface area contributed by atoms with Gasteiger partial charge in [-0.1, -0.05) is 12.1 Å². The Hall–Kier alpha value is -2.48. The third kappa shape index (κ3) is 3.41. The fourth-order valence-corrected chi connectivity index (χ4v) is 3.71. The van der Waals surface area contributed by atoms with Crippen LogP contribution in [0.3, 0.4) is 0 Å².